The fraction of sp³-hybridized carbons (Fsp3) is 0.571. The molecule has 0 spiro atoms. The second kappa shape index (κ2) is 7.59. The lowest BCUT2D eigenvalue weighted by atomic mass is 10.1. The zero-order valence-electron chi connectivity index (χ0n) is 11.9. The van der Waals surface area contributed by atoms with Crippen LogP contribution in [-0.2, 0) is 6.54 Å². The van der Waals surface area contributed by atoms with Crippen LogP contribution < -0.4 is 10.1 Å². The maximum atomic E-state index is 13.6. The molecule has 0 aliphatic carbocycles. The summed E-state index contributed by atoms with van der Waals surface area (Å²) >= 11 is 0. The van der Waals surface area contributed by atoms with Crippen LogP contribution in [0.5, 0.6) is 5.75 Å². The predicted molar refractivity (Wildman–Crippen MR) is 69.1 cm³/mol. The van der Waals surface area contributed by atoms with E-state index in [1.54, 1.807) is 0 Å². The molecule has 0 aliphatic heterocycles. The van der Waals surface area contributed by atoms with Gasteiger partial charge in [-0.05, 0) is 30.2 Å². The monoisotopic (exact) mass is 311 g/mol. The quantitative estimate of drug-likeness (QED) is 0.767. The molecule has 0 unspecified atom stereocenters. The van der Waals surface area contributed by atoms with Crippen LogP contribution in [0, 0.1) is 17.6 Å². The number of alkyl halides is 3. The van der Waals surface area contributed by atoms with E-state index in [9.17, 15) is 22.0 Å². The van der Waals surface area contributed by atoms with Crippen molar-refractivity contribution in [3.05, 3.63) is 29.3 Å². The molecule has 0 aromatic heterocycles. The summed E-state index contributed by atoms with van der Waals surface area (Å²) < 4.78 is 67.7. The zero-order valence-corrected chi connectivity index (χ0v) is 11.9. The largest absolute Gasteiger partial charge is 0.487 e. The SMILES string of the molecule is CC(C)CNCc1cc(F)c(OCCC(F)(F)F)c(F)c1. The number of hydrogen-bond donors (Lipinski definition) is 1. The molecule has 1 aromatic carbocycles. The molecular formula is C14H18F5NO. The Balaban J connectivity index is 2.62. The van der Waals surface area contributed by atoms with Gasteiger partial charge in [-0.1, -0.05) is 13.8 Å². The van der Waals surface area contributed by atoms with E-state index in [2.05, 4.69) is 10.1 Å². The normalized spacial score (nSPS) is 12.0. The number of benzene rings is 1. The van der Waals surface area contributed by atoms with E-state index in [0.29, 0.717) is 18.0 Å². The van der Waals surface area contributed by atoms with E-state index in [-0.39, 0.29) is 6.54 Å². The van der Waals surface area contributed by atoms with E-state index < -0.39 is 36.6 Å². The second-order valence-electron chi connectivity index (χ2n) is 5.13. The van der Waals surface area contributed by atoms with Crippen molar-refractivity contribution in [1.82, 2.24) is 5.32 Å². The summed E-state index contributed by atoms with van der Waals surface area (Å²) in [5.41, 5.74) is 0.369. The molecule has 1 rings (SSSR count). The Kier molecular flexibility index (Phi) is 6.39. The molecule has 0 radical (unpaired) electrons. The van der Waals surface area contributed by atoms with E-state index in [0.717, 1.165) is 12.1 Å². The molecule has 2 nitrogen and oxygen atoms in total. The van der Waals surface area contributed by atoms with Crippen LogP contribution >= 0.6 is 0 Å². The number of nitrogens with one attached hydrogen (secondary N) is 1. The molecule has 0 saturated heterocycles. The van der Waals surface area contributed by atoms with Gasteiger partial charge in [0, 0.05) is 6.54 Å². The Morgan fingerprint density at radius 1 is 1.14 bits per heavy atom. The first-order chi connectivity index (χ1) is 9.69. The molecule has 0 saturated carbocycles. The summed E-state index contributed by atoms with van der Waals surface area (Å²) in [6, 6.07) is 2.11. The van der Waals surface area contributed by atoms with Crippen LogP contribution in [0.4, 0.5) is 22.0 Å². The molecule has 0 heterocycles. The van der Waals surface area contributed by atoms with Crippen molar-refractivity contribution in [2.24, 2.45) is 5.92 Å². The third-order valence-corrected chi connectivity index (χ3v) is 2.57. The second-order valence-corrected chi connectivity index (χ2v) is 5.13. The van der Waals surface area contributed by atoms with Crippen molar-refractivity contribution < 1.29 is 26.7 Å². The van der Waals surface area contributed by atoms with Crippen molar-refractivity contribution in [3.8, 4) is 5.75 Å². The van der Waals surface area contributed by atoms with Crippen molar-refractivity contribution in [2.75, 3.05) is 13.2 Å². The van der Waals surface area contributed by atoms with Crippen LogP contribution in [0.1, 0.15) is 25.8 Å². The van der Waals surface area contributed by atoms with Gasteiger partial charge in [-0.15, -0.1) is 0 Å². The van der Waals surface area contributed by atoms with E-state index in [1.165, 1.54) is 0 Å². The smallest absolute Gasteiger partial charge is 0.392 e. The Morgan fingerprint density at radius 2 is 1.71 bits per heavy atom. The molecule has 0 bridgehead atoms. The fourth-order valence-corrected chi connectivity index (χ4v) is 1.63. The van der Waals surface area contributed by atoms with Crippen LogP contribution in [0.15, 0.2) is 12.1 Å². The number of ether oxygens (including phenoxy) is 1. The highest BCUT2D eigenvalue weighted by atomic mass is 19.4. The molecule has 1 aromatic rings. The number of rotatable bonds is 7. The highest BCUT2D eigenvalue weighted by Gasteiger charge is 2.27. The standard InChI is InChI=1S/C14H18F5NO/c1-9(2)7-20-8-10-5-11(15)13(12(16)6-10)21-4-3-14(17,18)19/h5-6,9,20H,3-4,7-8H2,1-2H3. The number of hydrogen-bond acceptors (Lipinski definition) is 2. The van der Waals surface area contributed by atoms with Gasteiger partial charge in [-0.3, -0.25) is 0 Å². The Labute approximate surface area is 120 Å². The summed E-state index contributed by atoms with van der Waals surface area (Å²) in [5, 5.41) is 3.02. The van der Waals surface area contributed by atoms with Gasteiger partial charge in [-0.2, -0.15) is 13.2 Å². The van der Waals surface area contributed by atoms with Gasteiger partial charge in [0.1, 0.15) is 0 Å². The maximum absolute atomic E-state index is 13.6. The van der Waals surface area contributed by atoms with Gasteiger partial charge in [0.05, 0.1) is 13.0 Å². The van der Waals surface area contributed by atoms with Gasteiger partial charge < -0.3 is 10.1 Å². The Hall–Kier alpha value is -1.37. The van der Waals surface area contributed by atoms with Gasteiger partial charge in [-0.25, -0.2) is 8.78 Å². The summed E-state index contributed by atoms with van der Waals surface area (Å²) in [5.74, 6) is -2.38. The minimum atomic E-state index is -4.42. The molecule has 0 atom stereocenters. The molecular weight excluding hydrogens is 293 g/mol. The summed E-state index contributed by atoms with van der Waals surface area (Å²) in [7, 11) is 0. The zero-order chi connectivity index (χ0) is 16.0. The van der Waals surface area contributed by atoms with Gasteiger partial charge >= 0.3 is 6.18 Å². The molecule has 120 valence electrons. The summed E-state index contributed by atoms with van der Waals surface area (Å²) in [4.78, 5) is 0. The van der Waals surface area contributed by atoms with Crippen LogP contribution in [0.2, 0.25) is 0 Å². The van der Waals surface area contributed by atoms with E-state index in [1.807, 2.05) is 13.8 Å². The molecule has 1 N–H and O–H groups in total. The average Bonchev–Trinajstić information content (AvgIpc) is 2.31. The lowest BCUT2D eigenvalue weighted by molar-refractivity contribution is -0.139. The molecule has 0 aliphatic rings. The molecule has 0 fully saturated rings. The number of halogens is 5. The van der Waals surface area contributed by atoms with Crippen LogP contribution in [-0.4, -0.2) is 19.3 Å². The molecule has 0 amide bonds. The molecule has 21 heavy (non-hydrogen) atoms. The average molecular weight is 311 g/mol. The van der Waals surface area contributed by atoms with E-state index in [4.69, 9.17) is 0 Å². The highest BCUT2D eigenvalue weighted by Crippen LogP contribution is 2.25. The van der Waals surface area contributed by atoms with Crippen molar-refractivity contribution in [3.63, 3.8) is 0 Å². The third-order valence-electron chi connectivity index (χ3n) is 2.57. The van der Waals surface area contributed by atoms with Crippen LogP contribution in [0.3, 0.4) is 0 Å². The fourth-order valence-electron chi connectivity index (χ4n) is 1.63. The van der Waals surface area contributed by atoms with Crippen LogP contribution in [0.25, 0.3) is 0 Å². The topological polar surface area (TPSA) is 21.3 Å². The first-order valence-electron chi connectivity index (χ1n) is 6.57. The first kappa shape index (κ1) is 17.7. The minimum absolute atomic E-state index is 0.273. The van der Waals surface area contributed by atoms with Gasteiger partial charge in [0.25, 0.3) is 0 Å². The lowest BCUT2D eigenvalue weighted by Crippen LogP contribution is -2.19. The Bertz CT molecular complexity index is 436. The molecule has 7 heteroatoms. The summed E-state index contributed by atoms with van der Waals surface area (Å²) in [6.07, 6.45) is -5.68. The van der Waals surface area contributed by atoms with Crippen molar-refractivity contribution >= 4 is 0 Å². The van der Waals surface area contributed by atoms with E-state index >= 15 is 0 Å². The Morgan fingerprint density at radius 3 is 2.19 bits per heavy atom. The first-order valence-corrected chi connectivity index (χ1v) is 6.57. The summed E-state index contributed by atoms with van der Waals surface area (Å²) in [6.45, 7) is 4.13. The maximum Gasteiger partial charge on any atom is 0.392 e. The van der Waals surface area contributed by atoms with Crippen molar-refractivity contribution in [2.45, 2.75) is 33.0 Å². The van der Waals surface area contributed by atoms with Gasteiger partial charge in [0.2, 0.25) is 0 Å². The third kappa shape index (κ3) is 6.75. The minimum Gasteiger partial charge on any atom is -0.487 e. The lowest BCUT2D eigenvalue weighted by Gasteiger charge is -2.12. The predicted octanol–water partition coefficient (Wildman–Crippen LogP) is 4.04. The highest BCUT2D eigenvalue weighted by molar-refractivity contribution is 5.31. The van der Waals surface area contributed by atoms with Gasteiger partial charge in [0.15, 0.2) is 17.4 Å². The van der Waals surface area contributed by atoms with Crippen molar-refractivity contribution in [1.29, 1.82) is 0 Å².